The van der Waals surface area contributed by atoms with Gasteiger partial charge in [-0.15, -0.1) is 0 Å². The zero-order valence-corrected chi connectivity index (χ0v) is 13.6. The van der Waals surface area contributed by atoms with Crippen molar-refractivity contribution in [2.45, 2.75) is 25.9 Å². The van der Waals surface area contributed by atoms with Gasteiger partial charge in [-0.05, 0) is 43.4 Å². The molecule has 0 spiro atoms. The molecule has 0 saturated heterocycles. The summed E-state index contributed by atoms with van der Waals surface area (Å²) in [7, 11) is 1.30. The second-order valence-electron chi connectivity index (χ2n) is 5.91. The van der Waals surface area contributed by atoms with Crippen LogP contribution in [0.25, 0.3) is 0 Å². The first kappa shape index (κ1) is 18.0. The normalized spacial score (nSPS) is 16.2. The number of hydrogen-bond donors (Lipinski definition) is 1. The predicted octanol–water partition coefficient (Wildman–Crippen LogP) is 3.21. The van der Waals surface area contributed by atoms with E-state index in [2.05, 4.69) is 4.99 Å². The molecule has 0 aliphatic heterocycles. The Balaban J connectivity index is 2.45. The third-order valence-electron chi connectivity index (χ3n) is 3.78. The second-order valence-corrected chi connectivity index (χ2v) is 5.91. The Morgan fingerprint density at radius 2 is 2.08 bits per heavy atom. The number of benzene rings is 1. The number of halogens is 3. The van der Waals surface area contributed by atoms with Crippen molar-refractivity contribution in [1.82, 2.24) is 0 Å². The zero-order valence-electron chi connectivity index (χ0n) is 13.6. The van der Waals surface area contributed by atoms with Crippen molar-refractivity contribution in [2.24, 2.45) is 16.6 Å². The minimum atomic E-state index is -4.79. The summed E-state index contributed by atoms with van der Waals surface area (Å²) in [6, 6.07) is 7.10. The van der Waals surface area contributed by atoms with Gasteiger partial charge in [0.25, 0.3) is 5.91 Å². The fraction of sp³-hybridized carbons (Fsp3) is 0.412. The number of carbonyl (C=O) groups is 1. The number of aliphatic imine (C=N–C) groups is 1. The Kier molecular flexibility index (Phi) is 5.31. The van der Waals surface area contributed by atoms with Crippen molar-refractivity contribution in [3.05, 3.63) is 41.1 Å². The summed E-state index contributed by atoms with van der Waals surface area (Å²) in [6.45, 7) is 2.23. The van der Waals surface area contributed by atoms with E-state index in [1.165, 1.54) is 11.9 Å². The molecule has 4 nitrogen and oxygen atoms in total. The van der Waals surface area contributed by atoms with E-state index >= 15 is 0 Å². The number of anilines is 1. The number of nitrogens with two attached hydrogens (primary N) is 1. The molecule has 130 valence electrons. The van der Waals surface area contributed by atoms with Crippen LogP contribution in [0, 0.1) is 12.8 Å². The number of aryl methyl sites for hydroxylation is 1. The van der Waals surface area contributed by atoms with Crippen molar-refractivity contribution < 1.29 is 18.0 Å². The van der Waals surface area contributed by atoms with Gasteiger partial charge in [-0.25, -0.2) is 0 Å². The van der Waals surface area contributed by atoms with Crippen LogP contribution in [0.2, 0.25) is 0 Å². The lowest BCUT2D eigenvalue weighted by molar-refractivity contribution is -0.116. The molecule has 7 heteroatoms. The van der Waals surface area contributed by atoms with Crippen LogP contribution in [0.4, 0.5) is 18.9 Å². The van der Waals surface area contributed by atoms with Crippen LogP contribution in [-0.2, 0) is 4.79 Å². The summed E-state index contributed by atoms with van der Waals surface area (Å²) in [6.07, 6.45) is -1.98. The van der Waals surface area contributed by atoms with E-state index in [0.717, 1.165) is 24.6 Å². The van der Waals surface area contributed by atoms with E-state index in [4.69, 9.17) is 5.73 Å². The molecular formula is C17H20F3N3O. The highest BCUT2D eigenvalue weighted by atomic mass is 19.4. The Morgan fingerprint density at radius 3 is 2.58 bits per heavy atom. The fourth-order valence-corrected chi connectivity index (χ4v) is 2.33. The van der Waals surface area contributed by atoms with E-state index < -0.39 is 23.4 Å². The zero-order chi connectivity index (χ0) is 17.9. The molecule has 0 radical (unpaired) electrons. The molecule has 1 aliphatic carbocycles. The maximum atomic E-state index is 13.0. The highest BCUT2D eigenvalue weighted by Crippen LogP contribution is 2.33. The van der Waals surface area contributed by atoms with E-state index in [0.29, 0.717) is 18.2 Å². The minimum Gasteiger partial charge on any atom is -0.394 e. The van der Waals surface area contributed by atoms with E-state index in [1.54, 1.807) is 18.2 Å². The van der Waals surface area contributed by atoms with Gasteiger partial charge in [-0.2, -0.15) is 13.2 Å². The van der Waals surface area contributed by atoms with Gasteiger partial charge in [0.15, 0.2) is 0 Å². The molecule has 1 aliphatic rings. The molecule has 1 aromatic carbocycles. The lowest BCUT2D eigenvalue weighted by Gasteiger charge is -2.24. The van der Waals surface area contributed by atoms with Gasteiger partial charge in [-0.3, -0.25) is 9.79 Å². The van der Waals surface area contributed by atoms with Crippen LogP contribution in [0.5, 0.6) is 0 Å². The highest BCUT2D eigenvalue weighted by molar-refractivity contribution is 6.19. The molecule has 1 aromatic rings. The molecule has 1 fully saturated rings. The number of nitrogens with zero attached hydrogens (tertiary/aromatic N) is 2. The second kappa shape index (κ2) is 7.07. The molecule has 0 aromatic heterocycles. The maximum absolute atomic E-state index is 13.0. The molecule has 1 saturated carbocycles. The number of amides is 1. The molecule has 0 atom stereocenters. The van der Waals surface area contributed by atoms with Gasteiger partial charge in [0.1, 0.15) is 5.70 Å². The fourth-order valence-electron chi connectivity index (χ4n) is 2.33. The summed E-state index contributed by atoms with van der Waals surface area (Å²) in [5.74, 6) is -0.477. The van der Waals surface area contributed by atoms with Gasteiger partial charge >= 0.3 is 6.18 Å². The lowest BCUT2D eigenvalue weighted by atomic mass is 10.1. The third-order valence-corrected chi connectivity index (χ3v) is 3.78. The van der Waals surface area contributed by atoms with Crippen molar-refractivity contribution in [1.29, 1.82) is 0 Å². The van der Waals surface area contributed by atoms with E-state index in [1.807, 2.05) is 13.0 Å². The van der Waals surface area contributed by atoms with Crippen molar-refractivity contribution in [3.8, 4) is 0 Å². The van der Waals surface area contributed by atoms with Crippen molar-refractivity contribution >= 4 is 17.8 Å². The van der Waals surface area contributed by atoms with Crippen molar-refractivity contribution in [2.75, 3.05) is 18.5 Å². The van der Waals surface area contributed by atoms with Gasteiger partial charge in [0, 0.05) is 25.5 Å². The summed E-state index contributed by atoms with van der Waals surface area (Å²) in [5, 5.41) is 0. The third kappa shape index (κ3) is 4.37. The van der Waals surface area contributed by atoms with Crippen LogP contribution in [0.3, 0.4) is 0 Å². The summed E-state index contributed by atoms with van der Waals surface area (Å²) < 4.78 is 38.9. The molecule has 0 bridgehead atoms. The standard InChI is InChI=1S/C17H20F3N3O/c1-11-4-3-5-13(8-11)23(10-12-6-7-12)16(24)14(9-22-2)15(21)17(18,19)20/h3-5,8-9,12H,6-7,10,21H2,1-2H3. The Hall–Kier alpha value is -2.31. The molecule has 2 rings (SSSR count). The number of alkyl halides is 3. The molecule has 1 amide bonds. The molecule has 0 heterocycles. The summed E-state index contributed by atoms with van der Waals surface area (Å²) >= 11 is 0. The molecular weight excluding hydrogens is 319 g/mol. The molecule has 2 N–H and O–H groups in total. The monoisotopic (exact) mass is 339 g/mol. The predicted molar refractivity (Wildman–Crippen MR) is 87.9 cm³/mol. The smallest absolute Gasteiger partial charge is 0.394 e. The molecule has 24 heavy (non-hydrogen) atoms. The quantitative estimate of drug-likeness (QED) is 0.661. The largest absolute Gasteiger partial charge is 0.431 e. The average Bonchev–Trinajstić information content (AvgIpc) is 3.32. The van der Waals surface area contributed by atoms with Crippen LogP contribution in [-0.4, -0.2) is 31.9 Å². The van der Waals surface area contributed by atoms with E-state index in [-0.39, 0.29) is 0 Å². The van der Waals surface area contributed by atoms with Crippen LogP contribution >= 0.6 is 0 Å². The number of carbonyl (C=O) groups excluding carboxylic acids is 1. The topological polar surface area (TPSA) is 58.7 Å². The van der Waals surface area contributed by atoms with Crippen LogP contribution in [0.1, 0.15) is 18.4 Å². The Morgan fingerprint density at radius 1 is 1.42 bits per heavy atom. The average molecular weight is 339 g/mol. The first-order valence-electron chi connectivity index (χ1n) is 7.61. The number of allylic oxidation sites excluding steroid dienone is 1. The van der Waals surface area contributed by atoms with Crippen LogP contribution < -0.4 is 10.6 Å². The lowest BCUT2D eigenvalue weighted by Crippen LogP contribution is -2.37. The minimum absolute atomic E-state index is 0.307. The van der Waals surface area contributed by atoms with Gasteiger partial charge in [0.2, 0.25) is 0 Å². The Labute approximate surface area is 138 Å². The summed E-state index contributed by atoms with van der Waals surface area (Å²) in [4.78, 5) is 17.7. The first-order valence-corrected chi connectivity index (χ1v) is 7.61. The summed E-state index contributed by atoms with van der Waals surface area (Å²) in [5.41, 5.74) is 4.61. The number of rotatable bonds is 5. The highest BCUT2D eigenvalue weighted by Gasteiger charge is 2.38. The number of hydrogen-bond acceptors (Lipinski definition) is 3. The first-order chi connectivity index (χ1) is 11.2. The Bertz CT molecular complexity index is 676. The molecule has 0 unspecified atom stereocenters. The van der Waals surface area contributed by atoms with Crippen LogP contribution in [0.15, 0.2) is 40.5 Å². The van der Waals surface area contributed by atoms with E-state index in [9.17, 15) is 18.0 Å². The van der Waals surface area contributed by atoms with Gasteiger partial charge in [-0.1, -0.05) is 12.1 Å². The van der Waals surface area contributed by atoms with Gasteiger partial charge < -0.3 is 10.6 Å². The van der Waals surface area contributed by atoms with Gasteiger partial charge in [0.05, 0.1) is 5.57 Å². The van der Waals surface area contributed by atoms with Crippen molar-refractivity contribution in [3.63, 3.8) is 0 Å². The SMILES string of the molecule is CN=CC(C(=O)N(CC1CC1)c1cccc(C)c1)=C(N)C(F)(F)F. The maximum Gasteiger partial charge on any atom is 0.431 e.